The molecule has 1 aliphatic heterocycles. The van der Waals surface area contributed by atoms with Crippen LogP contribution in [0.1, 0.15) is 37.7 Å². The van der Waals surface area contributed by atoms with Gasteiger partial charge in [-0.3, -0.25) is 4.90 Å². The van der Waals surface area contributed by atoms with Crippen LogP contribution in [-0.4, -0.2) is 56.1 Å². The average molecular weight is 461 g/mol. The summed E-state index contributed by atoms with van der Waals surface area (Å²) in [5.74, 6) is -1.30. The molecule has 2 aliphatic rings. The fourth-order valence-electron chi connectivity index (χ4n) is 4.38. The minimum absolute atomic E-state index is 0.0998. The summed E-state index contributed by atoms with van der Waals surface area (Å²) < 4.78 is 27.3. The minimum atomic E-state index is -2.62. The van der Waals surface area contributed by atoms with Crippen molar-refractivity contribution in [3.8, 4) is 0 Å². The monoisotopic (exact) mass is 460 g/mol. The molecule has 170 valence electrons. The summed E-state index contributed by atoms with van der Waals surface area (Å²) in [5.41, 5.74) is 1.73. The van der Waals surface area contributed by atoms with Gasteiger partial charge in [-0.15, -0.1) is 0 Å². The zero-order valence-electron chi connectivity index (χ0n) is 17.6. The molecular weight excluding hydrogens is 434 g/mol. The maximum atomic E-state index is 13.7. The maximum Gasteiger partial charge on any atom is 0.261 e. The third kappa shape index (κ3) is 5.13. The highest BCUT2D eigenvalue weighted by Crippen LogP contribution is 2.31. The number of likely N-dealkylation sites (tertiary alicyclic amines) is 1. The second-order valence-corrected chi connectivity index (χ2v) is 9.66. The number of nitrogens with zero attached hydrogens (tertiary/aromatic N) is 4. The Bertz CT molecular complexity index is 1050. The number of aliphatic hydroxyl groups excluding tert-OH is 1. The van der Waals surface area contributed by atoms with Gasteiger partial charge in [0.05, 0.1) is 12.6 Å². The number of fused-ring (bicyclic) bond motifs is 1. The van der Waals surface area contributed by atoms with Crippen molar-refractivity contribution in [1.29, 1.82) is 0 Å². The number of hydrogen-bond donors (Lipinski definition) is 3. The van der Waals surface area contributed by atoms with Gasteiger partial charge in [-0.1, -0.05) is 11.3 Å². The van der Waals surface area contributed by atoms with Crippen molar-refractivity contribution in [1.82, 2.24) is 19.9 Å². The molecule has 2 fully saturated rings. The largest absolute Gasteiger partial charge is 0.393 e. The maximum absolute atomic E-state index is 13.7. The first-order chi connectivity index (χ1) is 15.4. The number of hydrogen-bond acceptors (Lipinski definition) is 8. The first kappa shape index (κ1) is 21.4. The van der Waals surface area contributed by atoms with E-state index in [0.29, 0.717) is 29.9 Å². The lowest BCUT2D eigenvalue weighted by atomic mass is 9.93. The Labute approximate surface area is 188 Å². The highest BCUT2D eigenvalue weighted by molar-refractivity contribution is 7.21. The van der Waals surface area contributed by atoms with E-state index < -0.39 is 5.92 Å². The third-order valence-corrected chi connectivity index (χ3v) is 6.88. The van der Waals surface area contributed by atoms with Crippen LogP contribution in [0.5, 0.6) is 0 Å². The molecule has 0 aromatic carbocycles. The molecule has 32 heavy (non-hydrogen) atoms. The fourth-order valence-corrected chi connectivity index (χ4v) is 5.19. The van der Waals surface area contributed by atoms with Crippen molar-refractivity contribution in [3.05, 3.63) is 36.0 Å². The lowest BCUT2D eigenvalue weighted by molar-refractivity contribution is 0.0115. The van der Waals surface area contributed by atoms with Crippen LogP contribution >= 0.6 is 11.3 Å². The van der Waals surface area contributed by atoms with Crippen LogP contribution < -0.4 is 10.6 Å². The third-order valence-electron chi connectivity index (χ3n) is 5.99. The molecule has 4 heterocycles. The van der Waals surface area contributed by atoms with Gasteiger partial charge in [-0.2, -0.15) is 0 Å². The first-order valence-electron chi connectivity index (χ1n) is 11.0. The molecule has 0 spiro atoms. The molecule has 1 saturated heterocycles. The Hall–Kier alpha value is -2.43. The molecule has 10 heteroatoms. The number of pyridine rings is 2. The Morgan fingerprint density at radius 1 is 1.16 bits per heavy atom. The lowest BCUT2D eigenvalue weighted by Crippen LogP contribution is -2.29. The number of thiazole rings is 1. The quantitative estimate of drug-likeness (QED) is 0.503. The zero-order valence-corrected chi connectivity index (χ0v) is 18.4. The van der Waals surface area contributed by atoms with E-state index in [1.165, 1.54) is 11.3 Å². The van der Waals surface area contributed by atoms with Gasteiger partial charge in [0.15, 0.2) is 5.13 Å². The summed E-state index contributed by atoms with van der Waals surface area (Å²) >= 11 is 1.44. The number of aromatic nitrogens is 3. The Balaban J connectivity index is 1.37. The standard InChI is InChI=1S/C22H26F2N6OS/c23-22(24)7-9-30(13-22)12-14-10-18(26-15-3-5-16(31)6-4-15)28-19(11-14)29-21-27-17-2-1-8-25-20(17)32-21/h1-2,8,10-11,15-16,31H,3-7,9,12-13H2,(H2,26,27,28,29)/t15-,16-. The molecule has 3 aromatic heterocycles. The topological polar surface area (TPSA) is 86.2 Å². The van der Waals surface area contributed by atoms with E-state index in [-0.39, 0.29) is 25.1 Å². The van der Waals surface area contributed by atoms with Gasteiger partial charge in [0, 0.05) is 31.7 Å². The number of alkyl halides is 2. The van der Waals surface area contributed by atoms with Gasteiger partial charge in [0.1, 0.15) is 22.0 Å². The summed E-state index contributed by atoms with van der Waals surface area (Å²) in [7, 11) is 0. The zero-order chi connectivity index (χ0) is 22.1. The molecule has 0 radical (unpaired) electrons. The molecular formula is C22H26F2N6OS. The van der Waals surface area contributed by atoms with E-state index in [1.807, 2.05) is 24.3 Å². The summed E-state index contributed by atoms with van der Waals surface area (Å²) in [6.07, 6.45) is 4.69. The van der Waals surface area contributed by atoms with Gasteiger partial charge < -0.3 is 15.7 Å². The van der Waals surface area contributed by atoms with Gasteiger partial charge in [-0.05, 0) is 55.5 Å². The minimum Gasteiger partial charge on any atom is -0.393 e. The van der Waals surface area contributed by atoms with Crippen molar-refractivity contribution >= 4 is 38.5 Å². The number of aliphatic hydroxyl groups is 1. The summed E-state index contributed by atoms with van der Waals surface area (Å²) in [4.78, 5) is 16.2. The Morgan fingerprint density at radius 3 is 2.72 bits per heavy atom. The fraction of sp³-hybridized carbons (Fsp3) is 0.500. The van der Waals surface area contributed by atoms with Crippen LogP contribution in [-0.2, 0) is 6.54 Å². The van der Waals surface area contributed by atoms with Crippen molar-refractivity contribution in [2.24, 2.45) is 0 Å². The van der Waals surface area contributed by atoms with Crippen LogP contribution in [0.25, 0.3) is 10.3 Å². The van der Waals surface area contributed by atoms with Crippen LogP contribution in [0.2, 0.25) is 0 Å². The molecule has 0 amide bonds. The molecule has 7 nitrogen and oxygen atoms in total. The predicted octanol–water partition coefficient (Wildman–Crippen LogP) is 4.39. The summed E-state index contributed by atoms with van der Waals surface area (Å²) in [6.45, 7) is 0.599. The number of anilines is 3. The number of halogens is 2. The van der Waals surface area contributed by atoms with E-state index in [9.17, 15) is 13.9 Å². The van der Waals surface area contributed by atoms with Crippen molar-refractivity contribution < 1.29 is 13.9 Å². The Morgan fingerprint density at radius 2 is 1.97 bits per heavy atom. The highest BCUT2D eigenvalue weighted by Gasteiger charge is 2.38. The van der Waals surface area contributed by atoms with Crippen LogP contribution in [0.3, 0.4) is 0 Å². The van der Waals surface area contributed by atoms with E-state index in [0.717, 1.165) is 41.6 Å². The number of rotatable bonds is 6. The van der Waals surface area contributed by atoms with Crippen LogP contribution in [0, 0.1) is 0 Å². The molecule has 5 rings (SSSR count). The first-order valence-corrected chi connectivity index (χ1v) is 11.8. The summed E-state index contributed by atoms with van der Waals surface area (Å²) in [5, 5.41) is 17.2. The van der Waals surface area contributed by atoms with Gasteiger partial charge in [0.2, 0.25) is 0 Å². The highest BCUT2D eigenvalue weighted by atomic mass is 32.1. The predicted molar refractivity (Wildman–Crippen MR) is 122 cm³/mol. The second-order valence-electron chi connectivity index (χ2n) is 8.68. The van der Waals surface area contributed by atoms with E-state index in [1.54, 1.807) is 11.1 Å². The summed E-state index contributed by atoms with van der Waals surface area (Å²) in [6, 6.07) is 7.82. The molecule has 1 saturated carbocycles. The molecule has 0 bridgehead atoms. The molecule has 0 atom stereocenters. The lowest BCUT2D eigenvalue weighted by Gasteiger charge is -2.27. The molecule has 3 N–H and O–H groups in total. The van der Waals surface area contributed by atoms with Crippen molar-refractivity contribution in [2.45, 2.75) is 56.7 Å². The van der Waals surface area contributed by atoms with E-state index >= 15 is 0 Å². The van der Waals surface area contributed by atoms with Gasteiger partial charge in [0.25, 0.3) is 5.92 Å². The normalized spacial score (nSPS) is 23.5. The smallest absolute Gasteiger partial charge is 0.261 e. The Kier molecular flexibility index (Phi) is 5.92. The van der Waals surface area contributed by atoms with Crippen LogP contribution in [0.15, 0.2) is 30.5 Å². The molecule has 3 aromatic rings. The van der Waals surface area contributed by atoms with Crippen molar-refractivity contribution in [2.75, 3.05) is 23.7 Å². The number of nitrogens with one attached hydrogen (secondary N) is 2. The van der Waals surface area contributed by atoms with Crippen LogP contribution in [0.4, 0.5) is 25.5 Å². The average Bonchev–Trinajstić information content (AvgIpc) is 3.31. The second kappa shape index (κ2) is 8.84. The van der Waals surface area contributed by atoms with Gasteiger partial charge >= 0.3 is 0 Å². The van der Waals surface area contributed by atoms with E-state index in [2.05, 4.69) is 20.6 Å². The SMILES string of the molecule is O[C@H]1CC[C@H](Nc2cc(CN3CCC(F)(F)C3)cc(Nc3nc4cccnc4s3)n2)CC1. The van der Waals surface area contributed by atoms with Crippen molar-refractivity contribution in [3.63, 3.8) is 0 Å². The molecule has 0 unspecified atom stereocenters. The van der Waals surface area contributed by atoms with E-state index in [4.69, 9.17) is 4.98 Å². The molecule has 1 aliphatic carbocycles. The van der Waals surface area contributed by atoms with Gasteiger partial charge in [-0.25, -0.2) is 23.7 Å².